The van der Waals surface area contributed by atoms with Crippen molar-refractivity contribution in [3.8, 4) is 5.75 Å². The fraction of sp³-hybridized carbons (Fsp3) is 0.381. The van der Waals surface area contributed by atoms with Crippen LogP contribution in [0.4, 0.5) is 10.1 Å². The number of ether oxygens (including phenoxy) is 1. The van der Waals surface area contributed by atoms with Gasteiger partial charge in [-0.15, -0.1) is 0 Å². The Kier molecular flexibility index (Phi) is 6.09. The minimum Gasteiger partial charge on any atom is -0.496 e. The molecule has 5 heteroatoms. The van der Waals surface area contributed by atoms with E-state index in [-0.39, 0.29) is 5.82 Å². The Labute approximate surface area is 160 Å². The summed E-state index contributed by atoms with van der Waals surface area (Å²) in [6.07, 6.45) is 4.75. The highest BCUT2D eigenvalue weighted by Gasteiger charge is 2.25. The summed E-state index contributed by atoms with van der Waals surface area (Å²) in [5.74, 6) is 0.649. The van der Waals surface area contributed by atoms with Gasteiger partial charge in [-0.05, 0) is 73.4 Å². The molecule has 0 radical (unpaired) electrons. The van der Waals surface area contributed by atoms with Crippen molar-refractivity contribution in [3.05, 3.63) is 59.4 Å². The number of aryl methyl sites for hydroxylation is 1. The molecule has 3 rings (SSSR count). The largest absolute Gasteiger partial charge is 0.496 e. The second-order valence-corrected chi connectivity index (χ2v) is 7.19. The van der Waals surface area contributed by atoms with E-state index >= 15 is 0 Å². The molecule has 26 heavy (non-hydrogen) atoms. The number of hydrogen-bond acceptors (Lipinski definition) is 2. The highest BCUT2D eigenvalue weighted by Crippen LogP contribution is 2.27. The van der Waals surface area contributed by atoms with Crippen LogP contribution in [0.2, 0.25) is 0 Å². The molecule has 0 aromatic heterocycles. The van der Waals surface area contributed by atoms with Crippen LogP contribution in [0.15, 0.2) is 42.5 Å². The molecule has 2 aromatic rings. The average molecular weight is 373 g/mol. The normalized spacial score (nSPS) is 14.3. The number of nitrogens with zero attached hydrogens (tertiary/aromatic N) is 1. The molecule has 1 fully saturated rings. The molecule has 0 amide bonds. The van der Waals surface area contributed by atoms with Gasteiger partial charge in [0, 0.05) is 18.3 Å². The summed E-state index contributed by atoms with van der Waals surface area (Å²) in [6, 6.07) is 13.1. The Hall–Kier alpha value is -2.14. The van der Waals surface area contributed by atoms with Crippen LogP contribution in [0.5, 0.6) is 5.75 Å². The minimum absolute atomic E-state index is 0.212. The monoisotopic (exact) mass is 372 g/mol. The molecule has 0 saturated heterocycles. The van der Waals surface area contributed by atoms with Gasteiger partial charge < -0.3 is 15.0 Å². The summed E-state index contributed by atoms with van der Waals surface area (Å²) in [5.41, 5.74) is 3.08. The molecule has 0 bridgehead atoms. The Morgan fingerprint density at radius 3 is 2.50 bits per heavy atom. The van der Waals surface area contributed by atoms with Gasteiger partial charge in [-0.25, -0.2) is 4.39 Å². The van der Waals surface area contributed by atoms with Gasteiger partial charge in [-0.2, -0.15) is 0 Å². The summed E-state index contributed by atoms with van der Waals surface area (Å²) in [4.78, 5) is 2.25. The summed E-state index contributed by atoms with van der Waals surface area (Å²) < 4.78 is 18.5. The zero-order chi connectivity index (χ0) is 18.5. The molecule has 2 aromatic carbocycles. The topological polar surface area (TPSA) is 24.5 Å². The molecular formula is C21H25FN2OS. The van der Waals surface area contributed by atoms with Crippen molar-refractivity contribution >= 4 is 23.0 Å². The van der Waals surface area contributed by atoms with Crippen LogP contribution in [0.25, 0.3) is 0 Å². The van der Waals surface area contributed by atoms with Gasteiger partial charge >= 0.3 is 0 Å². The van der Waals surface area contributed by atoms with Crippen molar-refractivity contribution in [2.45, 2.75) is 45.2 Å². The quantitative estimate of drug-likeness (QED) is 0.721. The minimum atomic E-state index is -0.212. The van der Waals surface area contributed by atoms with Crippen molar-refractivity contribution in [1.29, 1.82) is 0 Å². The lowest BCUT2D eigenvalue weighted by Gasteiger charge is -2.32. The maximum atomic E-state index is 13.2. The third kappa shape index (κ3) is 4.52. The second kappa shape index (κ2) is 8.49. The van der Waals surface area contributed by atoms with E-state index in [1.54, 1.807) is 7.11 Å². The first kappa shape index (κ1) is 18.6. The molecule has 1 aliphatic carbocycles. The van der Waals surface area contributed by atoms with Crippen LogP contribution in [0.1, 0.15) is 36.8 Å². The van der Waals surface area contributed by atoms with Gasteiger partial charge in [0.1, 0.15) is 11.6 Å². The Bertz CT molecular complexity index is 757. The van der Waals surface area contributed by atoms with Gasteiger partial charge in [0.05, 0.1) is 7.11 Å². The van der Waals surface area contributed by atoms with Gasteiger partial charge in [-0.1, -0.05) is 25.0 Å². The number of rotatable bonds is 5. The first-order valence-corrected chi connectivity index (χ1v) is 9.44. The molecule has 0 spiro atoms. The fourth-order valence-electron chi connectivity index (χ4n) is 3.52. The summed E-state index contributed by atoms with van der Waals surface area (Å²) >= 11 is 5.73. The number of anilines is 1. The number of nitrogens with one attached hydrogen (secondary N) is 1. The molecule has 1 N–H and O–H groups in total. The molecular weight excluding hydrogens is 347 g/mol. The fourth-order valence-corrected chi connectivity index (χ4v) is 3.85. The van der Waals surface area contributed by atoms with E-state index in [1.807, 2.05) is 37.3 Å². The van der Waals surface area contributed by atoms with Gasteiger partial charge in [0.25, 0.3) is 0 Å². The van der Waals surface area contributed by atoms with Gasteiger partial charge in [0.2, 0.25) is 0 Å². The van der Waals surface area contributed by atoms with Crippen molar-refractivity contribution in [2.75, 3.05) is 12.4 Å². The van der Waals surface area contributed by atoms with Crippen LogP contribution < -0.4 is 10.1 Å². The standard InChI is InChI=1S/C21H25FN2OS/c1-15-13-18(11-12-20(15)25-2)23-21(26)24(19-5-3-4-6-19)14-16-7-9-17(22)10-8-16/h7-13,19H,3-6,14H2,1-2H3,(H,23,26). The molecule has 0 unspecified atom stereocenters. The zero-order valence-corrected chi connectivity index (χ0v) is 16.1. The third-order valence-electron chi connectivity index (χ3n) is 4.94. The van der Waals surface area contributed by atoms with E-state index in [2.05, 4.69) is 10.2 Å². The van der Waals surface area contributed by atoms with Gasteiger partial charge in [0.15, 0.2) is 5.11 Å². The molecule has 1 aliphatic rings. The summed E-state index contributed by atoms with van der Waals surface area (Å²) in [6.45, 7) is 2.70. The maximum absolute atomic E-state index is 13.2. The molecule has 0 heterocycles. The Balaban J connectivity index is 1.76. The smallest absolute Gasteiger partial charge is 0.173 e. The van der Waals surface area contributed by atoms with E-state index in [4.69, 9.17) is 17.0 Å². The molecule has 3 nitrogen and oxygen atoms in total. The Morgan fingerprint density at radius 2 is 1.88 bits per heavy atom. The number of methoxy groups -OCH3 is 1. The summed E-state index contributed by atoms with van der Waals surface area (Å²) in [7, 11) is 1.67. The van der Waals surface area contributed by atoms with E-state index < -0.39 is 0 Å². The number of halogens is 1. The highest BCUT2D eigenvalue weighted by atomic mass is 32.1. The van der Waals surface area contributed by atoms with Crippen LogP contribution >= 0.6 is 12.2 Å². The van der Waals surface area contributed by atoms with Crippen molar-refractivity contribution in [1.82, 2.24) is 4.90 Å². The van der Waals surface area contributed by atoms with Crippen molar-refractivity contribution in [2.24, 2.45) is 0 Å². The predicted molar refractivity (Wildman–Crippen MR) is 108 cm³/mol. The maximum Gasteiger partial charge on any atom is 0.173 e. The first-order chi connectivity index (χ1) is 12.6. The molecule has 138 valence electrons. The number of benzene rings is 2. The predicted octanol–water partition coefficient (Wildman–Crippen LogP) is 5.28. The summed E-state index contributed by atoms with van der Waals surface area (Å²) in [5, 5.41) is 4.08. The van der Waals surface area contributed by atoms with E-state index in [9.17, 15) is 4.39 Å². The lowest BCUT2D eigenvalue weighted by atomic mass is 10.1. The average Bonchev–Trinajstić information content (AvgIpc) is 3.15. The van der Waals surface area contributed by atoms with Crippen LogP contribution in [-0.2, 0) is 6.54 Å². The van der Waals surface area contributed by atoms with Crippen LogP contribution in [0, 0.1) is 12.7 Å². The number of hydrogen-bond donors (Lipinski definition) is 1. The van der Waals surface area contributed by atoms with Crippen molar-refractivity contribution in [3.63, 3.8) is 0 Å². The first-order valence-electron chi connectivity index (χ1n) is 9.03. The SMILES string of the molecule is COc1ccc(NC(=S)N(Cc2ccc(F)cc2)C2CCCC2)cc1C. The van der Waals surface area contributed by atoms with E-state index in [0.29, 0.717) is 17.7 Å². The molecule has 1 saturated carbocycles. The van der Waals surface area contributed by atoms with Gasteiger partial charge in [-0.3, -0.25) is 0 Å². The second-order valence-electron chi connectivity index (χ2n) is 6.81. The number of thiocarbonyl (C=S) groups is 1. The van der Waals surface area contributed by atoms with E-state index in [1.165, 1.54) is 25.0 Å². The third-order valence-corrected chi connectivity index (χ3v) is 5.28. The zero-order valence-electron chi connectivity index (χ0n) is 15.3. The van der Waals surface area contributed by atoms with Crippen LogP contribution in [0.3, 0.4) is 0 Å². The lowest BCUT2D eigenvalue weighted by molar-refractivity contribution is 0.312. The Morgan fingerprint density at radius 1 is 1.19 bits per heavy atom. The highest BCUT2D eigenvalue weighted by molar-refractivity contribution is 7.80. The lowest BCUT2D eigenvalue weighted by Crippen LogP contribution is -2.41. The van der Waals surface area contributed by atoms with Crippen LogP contribution in [-0.4, -0.2) is 23.2 Å². The van der Waals surface area contributed by atoms with Crippen molar-refractivity contribution < 1.29 is 9.13 Å². The molecule has 0 aliphatic heterocycles. The molecule has 0 atom stereocenters. The van der Waals surface area contributed by atoms with E-state index in [0.717, 1.165) is 35.4 Å².